The smallest absolute Gasteiger partial charge is 0.293 e. The largest absolute Gasteiger partial charge is 0.496 e. The van der Waals surface area contributed by atoms with Gasteiger partial charge in [0.25, 0.3) is 11.1 Å². The van der Waals surface area contributed by atoms with Crippen LogP contribution in [0.15, 0.2) is 17.0 Å². The molecule has 2 heterocycles. The number of hydrogen-bond acceptors (Lipinski definition) is 6. The van der Waals surface area contributed by atoms with E-state index in [1.807, 2.05) is 6.92 Å². The molecular weight excluding hydrogens is 318 g/mol. The van der Waals surface area contributed by atoms with Crippen LogP contribution in [0.25, 0.3) is 6.08 Å². The number of imide groups is 1. The lowest BCUT2D eigenvalue weighted by Gasteiger charge is -2.11. The van der Waals surface area contributed by atoms with Gasteiger partial charge in [0.1, 0.15) is 5.75 Å². The van der Waals surface area contributed by atoms with E-state index in [2.05, 4.69) is 0 Å². The Morgan fingerprint density at radius 1 is 1.30 bits per heavy atom. The van der Waals surface area contributed by atoms with Gasteiger partial charge in [-0.3, -0.25) is 14.5 Å². The van der Waals surface area contributed by atoms with Crippen LogP contribution < -0.4 is 14.2 Å². The topological polar surface area (TPSA) is 65.1 Å². The summed E-state index contributed by atoms with van der Waals surface area (Å²) in [7, 11) is 1.54. The van der Waals surface area contributed by atoms with Gasteiger partial charge >= 0.3 is 0 Å². The van der Waals surface area contributed by atoms with Crippen LogP contribution >= 0.6 is 11.8 Å². The second kappa shape index (κ2) is 6.54. The first-order valence-corrected chi connectivity index (χ1v) is 8.18. The monoisotopic (exact) mass is 335 g/mol. The van der Waals surface area contributed by atoms with Crippen LogP contribution in [0.2, 0.25) is 0 Å². The number of hydrogen-bond donors (Lipinski definition) is 0. The fraction of sp³-hybridized carbons (Fsp3) is 0.375. The summed E-state index contributed by atoms with van der Waals surface area (Å²) in [5.74, 6) is 1.51. The Morgan fingerprint density at radius 3 is 2.74 bits per heavy atom. The molecule has 7 heteroatoms. The summed E-state index contributed by atoms with van der Waals surface area (Å²) in [6.45, 7) is 2.64. The van der Waals surface area contributed by atoms with Gasteiger partial charge in [0.15, 0.2) is 11.5 Å². The third kappa shape index (κ3) is 3.01. The molecule has 23 heavy (non-hydrogen) atoms. The highest BCUT2D eigenvalue weighted by Gasteiger charge is 2.34. The molecule has 2 amide bonds. The summed E-state index contributed by atoms with van der Waals surface area (Å²) in [5, 5.41) is -0.227. The van der Waals surface area contributed by atoms with Gasteiger partial charge in [-0.2, -0.15) is 0 Å². The van der Waals surface area contributed by atoms with Gasteiger partial charge < -0.3 is 14.2 Å². The molecule has 1 fully saturated rings. The molecular formula is C16H17NO5S. The molecule has 0 bridgehead atoms. The molecule has 122 valence electrons. The van der Waals surface area contributed by atoms with E-state index in [0.717, 1.165) is 24.6 Å². The third-order valence-corrected chi connectivity index (χ3v) is 4.53. The maximum absolute atomic E-state index is 12.4. The molecule has 2 aliphatic heterocycles. The molecule has 0 aromatic heterocycles. The maximum Gasteiger partial charge on any atom is 0.293 e. The fourth-order valence-electron chi connectivity index (χ4n) is 2.38. The van der Waals surface area contributed by atoms with Crippen LogP contribution in [-0.4, -0.2) is 36.5 Å². The minimum Gasteiger partial charge on any atom is -0.496 e. The van der Waals surface area contributed by atoms with Gasteiger partial charge in [-0.1, -0.05) is 13.3 Å². The first-order valence-electron chi connectivity index (χ1n) is 7.37. The number of fused-ring (bicyclic) bond motifs is 1. The first-order chi connectivity index (χ1) is 11.1. The van der Waals surface area contributed by atoms with Crippen LogP contribution in [0.5, 0.6) is 17.2 Å². The number of amides is 2. The summed E-state index contributed by atoms with van der Waals surface area (Å²) < 4.78 is 16.0. The average Bonchev–Trinajstić information content (AvgIpc) is 3.10. The van der Waals surface area contributed by atoms with Crippen molar-refractivity contribution in [2.45, 2.75) is 19.8 Å². The molecule has 1 aromatic rings. The van der Waals surface area contributed by atoms with Gasteiger partial charge in [-0.15, -0.1) is 0 Å². The number of thioether (sulfide) groups is 1. The normalized spacial score (nSPS) is 18.2. The molecule has 0 aliphatic carbocycles. The molecule has 6 nitrogen and oxygen atoms in total. The standard InChI is InChI=1S/C16H17NO5S/c1-3-4-5-17-15(18)14(23-16(17)19)7-10-6-12-13(22-9-21-12)8-11(10)20-2/h6-8H,3-5,9H2,1-2H3. The van der Waals surface area contributed by atoms with E-state index in [4.69, 9.17) is 14.2 Å². The highest BCUT2D eigenvalue weighted by Crippen LogP contribution is 2.40. The minimum atomic E-state index is -0.256. The molecule has 0 spiro atoms. The van der Waals surface area contributed by atoms with Gasteiger partial charge in [0, 0.05) is 18.2 Å². The van der Waals surface area contributed by atoms with Crippen LogP contribution in [0, 0.1) is 0 Å². The van der Waals surface area contributed by atoms with Crippen molar-refractivity contribution in [3.8, 4) is 17.2 Å². The average molecular weight is 335 g/mol. The number of benzene rings is 1. The summed E-state index contributed by atoms with van der Waals surface area (Å²) in [6, 6.07) is 3.47. The first kappa shape index (κ1) is 15.7. The van der Waals surface area contributed by atoms with E-state index < -0.39 is 0 Å². The van der Waals surface area contributed by atoms with Crippen molar-refractivity contribution < 1.29 is 23.8 Å². The lowest BCUT2D eigenvalue weighted by molar-refractivity contribution is -0.122. The molecule has 3 rings (SSSR count). The van der Waals surface area contributed by atoms with E-state index in [9.17, 15) is 9.59 Å². The van der Waals surface area contributed by atoms with Crippen LogP contribution in [0.3, 0.4) is 0 Å². The molecule has 0 radical (unpaired) electrons. The zero-order chi connectivity index (χ0) is 16.4. The Bertz CT molecular complexity index is 685. The Kier molecular flexibility index (Phi) is 4.47. The zero-order valence-corrected chi connectivity index (χ0v) is 13.8. The minimum absolute atomic E-state index is 0.162. The highest BCUT2D eigenvalue weighted by molar-refractivity contribution is 8.18. The Morgan fingerprint density at radius 2 is 2.04 bits per heavy atom. The van der Waals surface area contributed by atoms with Crippen molar-refractivity contribution >= 4 is 29.0 Å². The van der Waals surface area contributed by atoms with Crippen molar-refractivity contribution in [1.82, 2.24) is 4.90 Å². The second-order valence-corrected chi connectivity index (χ2v) is 6.13. The summed E-state index contributed by atoms with van der Waals surface area (Å²) >= 11 is 0.950. The Hall–Kier alpha value is -2.15. The van der Waals surface area contributed by atoms with Crippen LogP contribution in [0.1, 0.15) is 25.3 Å². The van der Waals surface area contributed by atoms with Crippen LogP contribution in [-0.2, 0) is 4.79 Å². The van der Waals surface area contributed by atoms with Crippen molar-refractivity contribution in [3.63, 3.8) is 0 Å². The summed E-state index contributed by atoms with van der Waals surface area (Å²) in [6.07, 6.45) is 3.40. The molecule has 2 aliphatic rings. The number of ether oxygens (including phenoxy) is 3. The van der Waals surface area contributed by atoms with Crippen LogP contribution in [0.4, 0.5) is 4.79 Å². The molecule has 1 aromatic carbocycles. The second-order valence-electron chi connectivity index (χ2n) is 5.13. The Labute approximate surface area is 138 Å². The molecule has 1 saturated heterocycles. The third-order valence-electron chi connectivity index (χ3n) is 3.62. The van der Waals surface area contributed by atoms with E-state index in [0.29, 0.717) is 34.3 Å². The number of carbonyl (C=O) groups excluding carboxylic acids is 2. The predicted molar refractivity (Wildman–Crippen MR) is 86.7 cm³/mol. The van der Waals surface area contributed by atoms with Gasteiger partial charge in [-0.25, -0.2) is 0 Å². The van der Waals surface area contributed by atoms with E-state index in [1.165, 1.54) is 4.90 Å². The summed E-state index contributed by atoms with van der Waals surface area (Å²) in [4.78, 5) is 26.0. The molecule has 0 N–H and O–H groups in total. The van der Waals surface area contributed by atoms with Crippen molar-refractivity contribution in [1.29, 1.82) is 0 Å². The van der Waals surface area contributed by atoms with Gasteiger partial charge in [-0.05, 0) is 30.3 Å². The number of carbonyl (C=O) groups is 2. The number of unbranched alkanes of at least 4 members (excludes halogenated alkanes) is 1. The maximum atomic E-state index is 12.4. The predicted octanol–water partition coefficient (Wildman–Crippen LogP) is 3.26. The zero-order valence-electron chi connectivity index (χ0n) is 13.0. The Balaban J connectivity index is 1.90. The van der Waals surface area contributed by atoms with Gasteiger partial charge in [0.05, 0.1) is 12.0 Å². The molecule has 0 atom stereocenters. The highest BCUT2D eigenvalue weighted by atomic mass is 32.2. The molecule has 0 unspecified atom stereocenters. The SMILES string of the molecule is CCCCN1C(=O)SC(=Cc2cc3c(cc2OC)OCO3)C1=O. The fourth-order valence-corrected chi connectivity index (χ4v) is 3.23. The molecule has 0 saturated carbocycles. The quantitative estimate of drug-likeness (QED) is 0.770. The lowest BCUT2D eigenvalue weighted by Crippen LogP contribution is -2.29. The van der Waals surface area contributed by atoms with E-state index in [-0.39, 0.29) is 17.9 Å². The lowest BCUT2D eigenvalue weighted by atomic mass is 10.1. The summed E-state index contributed by atoms with van der Waals surface area (Å²) in [5.41, 5.74) is 0.678. The van der Waals surface area contributed by atoms with Crippen molar-refractivity contribution in [2.24, 2.45) is 0 Å². The number of methoxy groups -OCH3 is 1. The number of nitrogens with zero attached hydrogens (tertiary/aromatic N) is 1. The van der Waals surface area contributed by atoms with E-state index in [1.54, 1.807) is 25.3 Å². The number of rotatable bonds is 5. The van der Waals surface area contributed by atoms with Gasteiger partial charge in [0.2, 0.25) is 6.79 Å². The van der Waals surface area contributed by atoms with E-state index >= 15 is 0 Å². The van der Waals surface area contributed by atoms with Crippen molar-refractivity contribution in [2.75, 3.05) is 20.4 Å². The van der Waals surface area contributed by atoms with Crippen molar-refractivity contribution in [3.05, 3.63) is 22.6 Å².